The van der Waals surface area contributed by atoms with Crippen LogP contribution in [0.15, 0.2) is 0 Å². The molecule has 0 bridgehead atoms. The molecule has 0 aromatic heterocycles. The lowest BCUT2D eigenvalue weighted by atomic mass is 10.1. The molecule has 0 spiro atoms. The summed E-state index contributed by atoms with van der Waals surface area (Å²) in [5.41, 5.74) is -2.11. The van der Waals surface area contributed by atoms with Gasteiger partial charge >= 0.3 is 10.3 Å². The van der Waals surface area contributed by atoms with E-state index in [1.165, 1.54) is 0 Å². The normalized spacial score (nSPS) is 18.5. The van der Waals surface area contributed by atoms with Crippen molar-refractivity contribution in [1.82, 2.24) is 4.31 Å². The van der Waals surface area contributed by atoms with E-state index in [1.54, 1.807) is 13.8 Å². The van der Waals surface area contributed by atoms with Crippen LogP contribution in [0.5, 0.6) is 0 Å². The van der Waals surface area contributed by atoms with Crippen molar-refractivity contribution in [3.05, 3.63) is 0 Å². The molecule has 0 radical (unpaired) electrons. The van der Waals surface area contributed by atoms with E-state index in [0.717, 1.165) is 0 Å². The lowest BCUT2D eigenvalue weighted by Crippen LogP contribution is -2.42. The van der Waals surface area contributed by atoms with Gasteiger partial charge in [-0.2, -0.15) is 8.42 Å². The van der Waals surface area contributed by atoms with Gasteiger partial charge in [0.1, 0.15) is 11.0 Å². The van der Waals surface area contributed by atoms with Crippen LogP contribution in [0, 0.1) is 0 Å². The fourth-order valence-electron chi connectivity index (χ4n) is 1.79. The summed E-state index contributed by atoms with van der Waals surface area (Å²) in [5.74, 6) is 0. The molecule has 128 valence electrons. The highest BCUT2D eigenvalue weighted by Gasteiger charge is 2.33. The molecule has 0 saturated heterocycles. The van der Waals surface area contributed by atoms with E-state index < -0.39 is 33.5 Å². The van der Waals surface area contributed by atoms with Gasteiger partial charge in [-0.1, -0.05) is 13.8 Å². The summed E-state index contributed by atoms with van der Waals surface area (Å²) < 4.78 is 32.7. The Labute approximate surface area is 136 Å². The molecule has 0 aliphatic heterocycles. The molecular weight excluding hydrogens is 341 g/mol. The maximum Gasteiger partial charge on any atom is 0.338 e. The van der Waals surface area contributed by atoms with E-state index in [2.05, 4.69) is 0 Å². The summed E-state index contributed by atoms with van der Waals surface area (Å²) in [5, 5.41) is 19.0. The Morgan fingerprint density at radius 3 is 1.48 bits per heavy atom. The largest absolute Gasteiger partial charge is 0.393 e. The Hall–Kier alpha value is 0.370. The zero-order valence-corrected chi connectivity index (χ0v) is 14.6. The van der Waals surface area contributed by atoms with Crippen molar-refractivity contribution in [2.75, 3.05) is 0 Å². The Balaban J connectivity index is 4.72. The fourth-order valence-corrected chi connectivity index (χ4v) is 3.76. The first-order chi connectivity index (χ1) is 9.63. The number of hydrogen-bond acceptors (Lipinski definition) is 4. The van der Waals surface area contributed by atoms with Gasteiger partial charge in [0.25, 0.3) is 0 Å². The van der Waals surface area contributed by atoms with Crippen molar-refractivity contribution in [1.29, 1.82) is 0 Å². The molecule has 0 fully saturated rings. The highest BCUT2D eigenvalue weighted by atomic mass is 35.5. The van der Waals surface area contributed by atoms with E-state index in [-0.39, 0.29) is 12.8 Å². The van der Waals surface area contributed by atoms with Gasteiger partial charge in [-0.3, -0.25) is 4.55 Å². The third kappa shape index (κ3) is 8.54. The number of alkyl halides is 2. The highest BCUT2D eigenvalue weighted by Crippen LogP contribution is 2.25. The second kappa shape index (κ2) is 10.2. The molecule has 0 aromatic carbocycles. The molecular formula is C12H25Cl2NO5S. The Morgan fingerprint density at radius 2 is 1.24 bits per heavy atom. The van der Waals surface area contributed by atoms with Crippen molar-refractivity contribution >= 4 is 33.5 Å². The van der Waals surface area contributed by atoms with Crippen LogP contribution in [-0.4, -0.2) is 50.7 Å². The van der Waals surface area contributed by atoms with Crippen molar-refractivity contribution in [2.24, 2.45) is 0 Å². The second-order valence-electron chi connectivity index (χ2n) is 4.96. The van der Waals surface area contributed by atoms with Gasteiger partial charge < -0.3 is 10.2 Å². The van der Waals surface area contributed by atoms with E-state index in [1.807, 2.05) is 0 Å². The number of hydrogen-bond donors (Lipinski definition) is 3. The Morgan fingerprint density at radius 1 is 0.905 bits per heavy atom. The van der Waals surface area contributed by atoms with Crippen LogP contribution in [0.25, 0.3) is 0 Å². The summed E-state index contributed by atoms with van der Waals surface area (Å²) in [6.07, 6.45) is 0.836. The topological polar surface area (TPSA) is 98.1 Å². The molecule has 9 heteroatoms. The third-order valence-electron chi connectivity index (χ3n) is 3.24. The third-order valence-corrected chi connectivity index (χ3v) is 5.37. The molecule has 0 aliphatic rings. The van der Waals surface area contributed by atoms with Gasteiger partial charge in [0.15, 0.2) is 0 Å². The maximum absolute atomic E-state index is 11.4. The minimum absolute atomic E-state index is 0.163. The summed E-state index contributed by atoms with van der Waals surface area (Å²) in [6, 6.07) is 0. The van der Waals surface area contributed by atoms with Gasteiger partial charge in [0.2, 0.25) is 0 Å². The molecule has 6 nitrogen and oxygen atoms in total. The number of nitrogens with zero attached hydrogens (tertiary/aromatic N) is 1. The summed E-state index contributed by atoms with van der Waals surface area (Å²) in [6.45, 7) is 3.59. The van der Waals surface area contributed by atoms with Crippen LogP contribution in [0.1, 0.15) is 52.4 Å². The first kappa shape index (κ1) is 21.4. The molecule has 0 amide bonds. The molecule has 3 N–H and O–H groups in total. The lowest BCUT2D eigenvalue weighted by molar-refractivity contribution is 0.143. The van der Waals surface area contributed by atoms with Crippen molar-refractivity contribution in [2.45, 2.75) is 75.6 Å². The standard InChI is InChI=1S/C12H25Cl2NO5S/c1-3-9(16)5-7-11(13)15(21(18,19)20)12(14)8-6-10(17)4-2/h9-12,16-17H,3-8H2,1-2H3,(H,18,19,20). The zero-order valence-electron chi connectivity index (χ0n) is 12.3. The number of halogens is 2. The minimum atomic E-state index is -4.57. The summed E-state index contributed by atoms with van der Waals surface area (Å²) >= 11 is 12.0. The molecule has 4 atom stereocenters. The molecule has 0 aromatic rings. The van der Waals surface area contributed by atoms with Crippen LogP contribution in [0.2, 0.25) is 0 Å². The first-order valence-electron chi connectivity index (χ1n) is 7.03. The van der Waals surface area contributed by atoms with Gasteiger partial charge in [-0.15, -0.1) is 27.5 Å². The number of aliphatic hydroxyl groups excluding tert-OH is 2. The fraction of sp³-hybridized carbons (Fsp3) is 1.00. The maximum atomic E-state index is 11.4. The molecule has 0 rings (SSSR count). The van der Waals surface area contributed by atoms with Crippen LogP contribution in [0.4, 0.5) is 0 Å². The molecule has 21 heavy (non-hydrogen) atoms. The SMILES string of the molecule is CCC(O)CCC(Cl)N(C(Cl)CCC(O)CC)S(=O)(=O)O. The number of aliphatic hydroxyl groups is 2. The van der Waals surface area contributed by atoms with Crippen LogP contribution in [0.3, 0.4) is 0 Å². The first-order valence-corrected chi connectivity index (χ1v) is 9.30. The molecule has 0 aliphatic carbocycles. The van der Waals surface area contributed by atoms with E-state index in [0.29, 0.717) is 30.0 Å². The Kier molecular flexibility index (Phi) is 10.4. The number of rotatable bonds is 11. The average Bonchev–Trinajstić information content (AvgIpc) is 2.40. The smallest absolute Gasteiger partial charge is 0.338 e. The van der Waals surface area contributed by atoms with E-state index in [4.69, 9.17) is 23.2 Å². The van der Waals surface area contributed by atoms with Crippen molar-refractivity contribution < 1.29 is 23.2 Å². The van der Waals surface area contributed by atoms with E-state index in [9.17, 15) is 23.2 Å². The van der Waals surface area contributed by atoms with Crippen molar-refractivity contribution in [3.8, 4) is 0 Å². The highest BCUT2D eigenvalue weighted by molar-refractivity contribution is 7.83. The second-order valence-corrected chi connectivity index (χ2v) is 7.28. The monoisotopic (exact) mass is 365 g/mol. The summed E-state index contributed by atoms with van der Waals surface area (Å²) in [4.78, 5) is 0. The van der Waals surface area contributed by atoms with Crippen LogP contribution >= 0.6 is 23.2 Å². The zero-order chi connectivity index (χ0) is 16.6. The van der Waals surface area contributed by atoms with Crippen LogP contribution < -0.4 is 0 Å². The van der Waals surface area contributed by atoms with Gasteiger partial charge in [0.05, 0.1) is 12.2 Å². The van der Waals surface area contributed by atoms with Crippen molar-refractivity contribution in [3.63, 3.8) is 0 Å². The Bertz CT molecular complexity index is 362. The van der Waals surface area contributed by atoms with Gasteiger partial charge in [-0.25, -0.2) is 0 Å². The molecule has 0 heterocycles. The van der Waals surface area contributed by atoms with Gasteiger partial charge in [-0.05, 0) is 38.5 Å². The van der Waals surface area contributed by atoms with Gasteiger partial charge in [0, 0.05) is 0 Å². The average molecular weight is 366 g/mol. The molecule has 4 unspecified atom stereocenters. The minimum Gasteiger partial charge on any atom is -0.393 e. The predicted octanol–water partition coefficient (Wildman–Crippen LogP) is 2.32. The van der Waals surface area contributed by atoms with Crippen LogP contribution in [-0.2, 0) is 10.3 Å². The van der Waals surface area contributed by atoms with E-state index >= 15 is 0 Å². The lowest BCUT2D eigenvalue weighted by Gasteiger charge is -2.29. The quantitative estimate of drug-likeness (QED) is 0.296. The predicted molar refractivity (Wildman–Crippen MR) is 83.7 cm³/mol. The summed E-state index contributed by atoms with van der Waals surface area (Å²) in [7, 11) is -4.57. The molecule has 0 saturated carbocycles.